The summed E-state index contributed by atoms with van der Waals surface area (Å²) in [6, 6.07) is 25.5. The Morgan fingerprint density at radius 1 is 0.971 bits per heavy atom. The van der Waals surface area contributed by atoms with Crippen molar-refractivity contribution in [3.8, 4) is 11.4 Å². The summed E-state index contributed by atoms with van der Waals surface area (Å²) in [5.41, 5.74) is 5.61. The zero-order valence-electron chi connectivity index (χ0n) is 19.9. The van der Waals surface area contributed by atoms with Crippen LogP contribution in [-0.2, 0) is 6.54 Å². The molecule has 2 amide bonds. The van der Waals surface area contributed by atoms with E-state index in [1.165, 1.54) is 4.90 Å². The number of hydrogen-bond acceptors (Lipinski definition) is 5. The molecule has 0 radical (unpaired) electrons. The second-order valence-corrected chi connectivity index (χ2v) is 9.40. The Morgan fingerprint density at radius 3 is 2.37 bits per heavy atom. The lowest BCUT2D eigenvalue weighted by molar-refractivity contribution is 0.203. The van der Waals surface area contributed by atoms with Gasteiger partial charge in [0.05, 0.1) is 18.2 Å². The Kier molecular flexibility index (Phi) is 6.42. The highest BCUT2D eigenvalue weighted by molar-refractivity contribution is 7.98. The van der Waals surface area contributed by atoms with Crippen molar-refractivity contribution in [3.63, 3.8) is 0 Å². The van der Waals surface area contributed by atoms with Crippen molar-refractivity contribution < 1.29 is 9.32 Å². The fourth-order valence-corrected chi connectivity index (χ4v) is 4.62. The van der Waals surface area contributed by atoms with Gasteiger partial charge in [-0.05, 0) is 43.4 Å². The molecule has 7 heteroatoms. The van der Waals surface area contributed by atoms with E-state index in [2.05, 4.69) is 34.7 Å². The smallest absolute Gasteiger partial charge is 0.322 e. The van der Waals surface area contributed by atoms with Crippen LogP contribution in [0.25, 0.3) is 17.0 Å². The number of aromatic nitrogens is 2. The number of rotatable bonds is 6. The van der Waals surface area contributed by atoms with E-state index < -0.39 is 6.04 Å². The minimum Gasteiger partial charge on any atom is -0.334 e. The minimum absolute atomic E-state index is 0.159. The first kappa shape index (κ1) is 22.9. The van der Waals surface area contributed by atoms with Crippen molar-refractivity contribution in [2.24, 2.45) is 0 Å². The first-order chi connectivity index (χ1) is 17.0. The molecular formula is C28H26N4O2S. The number of aryl methyl sites for hydroxylation is 1. The van der Waals surface area contributed by atoms with Crippen molar-refractivity contribution in [2.45, 2.75) is 31.3 Å². The number of carbonyl (C=O) groups is 1. The van der Waals surface area contributed by atoms with Gasteiger partial charge in [-0.15, -0.1) is 11.8 Å². The lowest BCUT2D eigenvalue weighted by atomic mass is 9.94. The molecule has 0 spiro atoms. The van der Waals surface area contributed by atoms with Crippen LogP contribution < -0.4 is 5.32 Å². The van der Waals surface area contributed by atoms with Crippen molar-refractivity contribution in [1.82, 2.24) is 20.4 Å². The highest BCUT2D eigenvalue weighted by atomic mass is 32.2. The molecule has 6 nitrogen and oxygen atoms in total. The van der Waals surface area contributed by atoms with Crippen LogP contribution >= 0.6 is 11.8 Å². The topological polar surface area (TPSA) is 71.3 Å². The van der Waals surface area contributed by atoms with Gasteiger partial charge >= 0.3 is 6.03 Å². The zero-order chi connectivity index (χ0) is 24.4. The molecule has 35 heavy (non-hydrogen) atoms. The van der Waals surface area contributed by atoms with Crippen LogP contribution in [0.3, 0.4) is 0 Å². The predicted molar refractivity (Wildman–Crippen MR) is 139 cm³/mol. The summed E-state index contributed by atoms with van der Waals surface area (Å²) in [7, 11) is 0. The Balaban J connectivity index is 1.57. The molecule has 176 valence electrons. The standard InChI is InChI=1S/C28H26N4O2S/c1-18-9-13-21(14-10-18)25-24(27-30-26(31-34-27)22-7-5-4-6-8-22)19(2)32(28(33)29-25)17-20-11-15-23(35-3)16-12-20/h4-16,25H,17H2,1-3H3,(H,29,33). The van der Waals surface area contributed by atoms with Gasteiger partial charge in [0.1, 0.15) is 0 Å². The number of urea groups is 1. The van der Waals surface area contributed by atoms with E-state index in [1.807, 2.05) is 74.7 Å². The Morgan fingerprint density at radius 2 is 1.69 bits per heavy atom. The molecular weight excluding hydrogens is 456 g/mol. The molecule has 0 fully saturated rings. The van der Waals surface area contributed by atoms with Crippen LogP contribution in [0.4, 0.5) is 4.79 Å². The summed E-state index contributed by atoms with van der Waals surface area (Å²) in [4.78, 5) is 20.9. The fourth-order valence-electron chi connectivity index (χ4n) is 4.21. The van der Waals surface area contributed by atoms with Crippen molar-refractivity contribution in [1.29, 1.82) is 0 Å². The Bertz CT molecular complexity index is 1360. The summed E-state index contributed by atoms with van der Waals surface area (Å²) >= 11 is 1.69. The molecule has 1 aliphatic rings. The molecule has 4 aromatic rings. The van der Waals surface area contributed by atoms with Gasteiger partial charge in [-0.2, -0.15) is 4.98 Å². The van der Waals surface area contributed by atoms with Gasteiger partial charge in [0.2, 0.25) is 5.82 Å². The van der Waals surface area contributed by atoms with Crippen molar-refractivity contribution in [3.05, 3.63) is 107 Å². The summed E-state index contributed by atoms with van der Waals surface area (Å²) < 4.78 is 5.77. The van der Waals surface area contributed by atoms with Crippen LogP contribution in [0.15, 0.2) is 94.0 Å². The number of carbonyl (C=O) groups excluding carboxylic acids is 1. The largest absolute Gasteiger partial charge is 0.334 e. The van der Waals surface area contributed by atoms with Gasteiger partial charge in [-0.1, -0.05) is 77.5 Å². The Hall–Kier alpha value is -3.84. The van der Waals surface area contributed by atoms with E-state index in [1.54, 1.807) is 16.7 Å². The molecule has 0 saturated heterocycles. The van der Waals surface area contributed by atoms with E-state index in [-0.39, 0.29) is 6.03 Å². The molecule has 1 aliphatic heterocycles. The molecule has 1 atom stereocenters. The van der Waals surface area contributed by atoms with Gasteiger partial charge in [0, 0.05) is 16.2 Å². The normalized spacial score (nSPS) is 15.9. The van der Waals surface area contributed by atoms with Gasteiger partial charge in [0.15, 0.2) is 0 Å². The van der Waals surface area contributed by atoms with E-state index in [0.717, 1.165) is 33.5 Å². The molecule has 1 aromatic heterocycles. The molecule has 0 saturated carbocycles. The number of nitrogens with zero attached hydrogens (tertiary/aromatic N) is 3. The number of nitrogens with one attached hydrogen (secondary N) is 1. The maximum atomic E-state index is 13.3. The molecule has 0 aliphatic carbocycles. The third kappa shape index (κ3) is 4.72. The maximum absolute atomic E-state index is 13.3. The number of hydrogen-bond donors (Lipinski definition) is 1. The first-order valence-corrected chi connectivity index (χ1v) is 12.6. The number of allylic oxidation sites excluding steroid dienone is 1. The Labute approximate surface area is 209 Å². The van der Waals surface area contributed by atoms with Crippen LogP contribution in [-0.4, -0.2) is 27.3 Å². The third-order valence-corrected chi connectivity index (χ3v) is 6.94. The van der Waals surface area contributed by atoms with E-state index in [9.17, 15) is 4.79 Å². The monoisotopic (exact) mass is 482 g/mol. The minimum atomic E-state index is -0.401. The SMILES string of the molecule is CSc1ccc(CN2C(=O)NC(c3ccc(C)cc3)C(c3nc(-c4ccccc4)no3)=C2C)cc1. The lowest BCUT2D eigenvalue weighted by Gasteiger charge is -2.35. The van der Waals surface area contributed by atoms with E-state index >= 15 is 0 Å². The van der Waals surface area contributed by atoms with Gasteiger partial charge in [0.25, 0.3) is 5.89 Å². The highest BCUT2D eigenvalue weighted by Crippen LogP contribution is 2.38. The molecule has 1 unspecified atom stereocenters. The van der Waals surface area contributed by atoms with Gasteiger partial charge in [-0.3, -0.25) is 4.90 Å². The van der Waals surface area contributed by atoms with Crippen LogP contribution in [0.1, 0.15) is 35.5 Å². The van der Waals surface area contributed by atoms with E-state index in [0.29, 0.717) is 18.3 Å². The number of amides is 2. The second-order valence-electron chi connectivity index (χ2n) is 8.52. The molecule has 3 aromatic carbocycles. The summed E-state index contributed by atoms with van der Waals surface area (Å²) in [5, 5.41) is 7.40. The van der Waals surface area contributed by atoms with Crippen LogP contribution in [0.5, 0.6) is 0 Å². The first-order valence-electron chi connectivity index (χ1n) is 11.4. The summed E-state index contributed by atoms with van der Waals surface area (Å²) in [6.07, 6.45) is 2.05. The zero-order valence-corrected chi connectivity index (χ0v) is 20.7. The fraction of sp³-hybridized carbons (Fsp3) is 0.179. The molecule has 5 rings (SSSR count). The van der Waals surface area contributed by atoms with Crippen LogP contribution in [0, 0.1) is 6.92 Å². The molecule has 1 N–H and O–H groups in total. The molecule has 0 bridgehead atoms. The quantitative estimate of drug-likeness (QED) is 0.319. The third-order valence-electron chi connectivity index (χ3n) is 6.20. The van der Waals surface area contributed by atoms with E-state index in [4.69, 9.17) is 9.51 Å². The predicted octanol–water partition coefficient (Wildman–Crippen LogP) is 6.46. The number of benzene rings is 3. The van der Waals surface area contributed by atoms with Gasteiger partial charge in [-0.25, -0.2) is 4.79 Å². The molecule has 2 heterocycles. The highest BCUT2D eigenvalue weighted by Gasteiger charge is 2.35. The average Bonchev–Trinajstić information content (AvgIpc) is 3.37. The number of thioether (sulfide) groups is 1. The van der Waals surface area contributed by atoms with Gasteiger partial charge < -0.3 is 9.84 Å². The van der Waals surface area contributed by atoms with Crippen LogP contribution in [0.2, 0.25) is 0 Å². The van der Waals surface area contributed by atoms with Crippen molar-refractivity contribution >= 4 is 23.4 Å². The van der Waals surface area contributed by atoms with Crippen molar-refractivity contribution in [2.75, 3.05) is 6.26 Å². The average molecular weight is 483 g/mol. The lowest BCUT2D eigenvalue weighted by Crippen LogP contribution is -2.45. The maximum Gasteiger partial charge on any atom is 0.322 e. The second kappa shape index (κ2) is 9.80. The summed E-state index contributed by atoms with van der Waals surface area (Å²) in [6.45, 7) is 4.42. The summed E-state index contributed by atoms with van der Waals surface area (Å²) in [5.74, 6) is 0.911.